The molecule has 2 aliphatic heterocycles. The molecule has 2 aromatic carbocycles. The lowest BCUT2D eigenvalue weighted by Gasteiger charge is -2.35. The maximum atomic E-state index is 13.0. The molecule has 2 fully saturated rings. The van der Waals surface area contributed by atoms with E-state index < -0.39 is 0 Å². The van der Waals surface area contributed by atoms with Crippen molar-refractivity contribution in [1.29, 1.82) is 0 Å². The van der Waals surface area contributed by atoms with E-state index in [9.17, 15) is 9.59 Å². The van der Waals surface area contributed by atoms with Crippen LogP contribution in [0.25, 0.3) is 20.8 Å². The van der Waals surface area contributed by atoms with Crippen LogP contribution in [0.3, 0.4) is 0 Å². The van der Waals surface area contributed by atoms with Crippen molar-refractivity contribution in [1.82, 2.24) is 14.8 Å². The van der Waals surface area contributed by atoms with Gasteiger partial charge in [0.1, 0.15) is 5.01 Å². The number of likely N-dealkylation sites (N-methyl/N-ethyl adjacent to an activating group) is 1. The summed E-state index contributed by atoms with van der Waals surface area (Å²) >= 11 is 1.65. The van der Waals surface area contributed by atoms with E-state index in [1.165, 1.54) is 10.5 Å². The number of anilines is 1. The fraction of sp³-hybridized carbons (Fsp3) is 0.348. The van der Waals surface area contributed by atoms with Gasteiger partial charge in [-0.1, -0.05) is 6.07 Å². The Morgan fingerprint density at radius 2 is 1.73 bits per heavy atom. The van der Waals surface area contributed by atoms with Crippen molar-refractivity contribution in [2.24, 2.45) is 0 Å². The van der Waals surface area contributed by atoms with E-state index in [1.54, 1.807) is 11.3 Å². The molecule has 2 saturated heterocycles. The van der Waals surface area contributed by atoms with E-state index in [0.717, 1.165) is 47.0 Å². The number of benzene rings is 2. The molecule has 30 heavy (non-hydrogen) atoms. The molecule has 5 rings (SSSR count). The fourth-order valence-corrected chi connectivity index (χ4v) is 5.28. The molecule has 0 bridgehead atoms. The Bertz CT molecular complexity index is 1120. The van der Waals surface area contributed by atoms with Crippen LogP contribution < -0.4 is 4.90 Å². The summed E-state index contributed by atoms with van der Waals surface area (Å²) < 4.78 is 1.16. The summed E-state index contributed by atoms with van der Waals surface area (Å²) in [6, 6.07) is 13.5. The topological polar surface area (TPSA) is 56.8 Å². The van der Waals surface area contributed by atoms with Gasteiger partial charge in [-0.3, -0.25) is 14.5 Å². The standard InChI is InChI=1S/C23H24N4O2S/c1-15-3-8-18-20(13-15)30-22(24-18)16-4-6-17(7-5-16)27-21(28)14-19(23(27)29)26-11-9-25(2)10-12-26/h3-8,13,19H,9-12,14H2,1-2H3. The van der Waals surface area contributed by atoms with Gasteiger partial charge in [-0.05, 0) is 55.9 Å². The molecule has 6 nitrogen and oxygen atoms in total. The van der Waals surface area contributed by atoms with Crippen LogP contribution >= 0.6 is 11.3 Å². The highest BCUT2D eigenvalue weighted by molar-refractivity contribution is 7.21. The summed E-state index contributed by atoms with van der Waals surface area (Å²) in [4.78, 5) is 36.2. The third kappa shape index (κ3) is 3.43. The number of hydrogen-bond donors (Lipinski definition) is 0. The van der Waals surface area contributed by atoms with Crippen LogP contribution in [-0.4, -0.2) is 65.9 Å². The fourth-order valence-electron chi connectivity index (χ4n) is 4.21. The zero-order valence-corrected chi connectivity index (χ0v) is 18.0. The van der Waals surface area contributed by atoms with Crippen molar-refractivity contribution < 1.29 is 9.59 Å². The van der Waals surface area contributed by atoms with Gasteiger partial charge in [0.25, 0.3) is 5.91 Å². The van der Waals surface area contributed by atoms with Gasteiger partial charge in [0, 0.05) is 31.7 Å². The Hall–Kier alpha value is -2.61. The first-order valence-electron chi connectivity index (χ1n) is 10.3. The van der Waals surface area contributed by atoms with Crippen LogP contribution in [0.1, 0.15) is 12.0 Å². The summed E-state index contributed by atoms with van der Waals surface area (Å²) in [6.07, 6.45) is 0.265. The van der Waals surface area contributed by atoms with Crippen LogP contribution in [-0.2, 0) is 9.59 Å². The number of aryl methyl sites for hydroxylation is 1. The number of rotatable bonds is 3. The van der Waals surface area contributed by atoms with E-state index >= 15 is 0 Å². The number of imide groups is 1. The molecule has 1 atom stereocenters. The Morgan fingerprint density at radius 1 is 1.00 bits per heavy atom. The molecule has 3 aromatic rings. The van der Waals surface area contributed by atoms with Gasteiger partial charge in [0.05, 0.1) is 28.4 Å². The Labute approximate surface area is 179 Å². The lowest BCUT2D eigenvalue weighted by atomic mass is 10.2. The average molecular weight is 421 g/mol. The molecule has 0 aliphatic carbocycles. The third-order valence-electron chi connectivity index (χ3n) is 6.02. The first-order valence-corrected chi connectivity index (χ1v) is 11.1. The van der Waals surface area contributed by atoms with E-state index in [4.69, 9.17) is 4.98 Å². The predicted octanol–water partition coefficient (Wildman–Crippen LogP) is 3.15. The second-order valence-electron chi connectivity index (χ2n) is 8.16. The lowest BCUT2D eigenvalue weighted by molar-refractivity contribution is -0.123. The van der Waals surface area contributed by atoms with Gasteiger partial charge < -0.3 is 4.90 Å². The number of amides is 2. The molecule has 2 aliphatic rings. The molecule has 0 spiro atoms. The minimum atomic E-state index is -0.335. The molecule has 1 aromatic heterocycles. The molecule has 3 heterocycles. The number of fused-ring (bicyclic) bond motifs is 1. The maximum Gasteiger partial charge on any atom is 0.251 e. The molecule has 0 N–H and O–H groups in total. The summed E-state index contributed by atoms with van der Waals surface area (Å²) in [5.74, 6) is -0.222. The number of nitrogens with zero attached hydrogens (tertiary/aromatic N) is 4. The van der Waals surface area contributed by atoms with Crippen LogP contribution in [0.2, 0.25) is 0 Å². The molecular formula is C23H24N4O2S. The number of carbonyl (C=O) groups excluding carboxylic acids is 2. The lowest BCUT2D eigenvalue weighted by Crippen LogP contribution is -2.51. The molecule has 0 radical (unpaired) electrons. The number of hydrogen-bond acceptors (Lipinski definition) is 6. The average Bonchev–Trinajstić information content (AvgIpc) is 3.29. The van der Waals surface area contributed by atoms with Crippen molar-refractivity contribution >= 4 is 39.1 Å². The van der Waals surface area contributed by atoms with Crippen LogP contribution in [0, 0.1) is 6.92 Å². The van der Waals surface area contributed by atoms with Crippen molar-refractivity contribution in [3.8, 4) is 10.6 Å². The van der Waals surface area contributed by atoms with Crippen molar-refractivity contribution in [2.45, 2.75) is 19.4 Å². The summed E-state index contributed by atoms with van der Waals surface area (Å²) in [5, 5.41) is 0.941. The first kappa shape index (κ1) is 19.4. The summed E-state index contributed by atoms with van der Waals surface area (Å²) in [7, 11) is 2.08. The van der Waals surface area contributed by atoms with Gasteiger partial charge in [-0.2, -0.15) is 0 Å². The highest BCUT2D eigenvalue weighted by atomic mass is 32.1. The van der Waals surface area contributed by atoms with E-state index in [2.05, 4.69) is 35.9 Å². The SMILES string of the molecule is Cc1ccc2nc(-c3ccc(N4C(=O)CC(N5CCN(C)CC5)C4=O)cc3)sc2c1. The Kier molecular flexibility index (Phi) is 4.89. The normalized spacial score (nSPS) is 21.1. The number of piperazine rings is 1. The zero-order chi connectivity index (χ0) is 20.8. The second kappa shape index (κ2) is 7.58. The molecule has 7 heteroatoms. The maximum absolute atomic E-state index is 13.0. The van der Waals surface area contributed by atoms with E-state index in [1.807, 2.05) is 30.3 Å². The Morgan fingerprint density at radius 3 is 2.47 bits per heavy atom. The predicted molar refractivity (Wildman–Crippen MR) is 120 cm³/mol. The quantitative estimate of drug-likeness (QED) is 0.610. The largest absolute Gasteiger partial charge is 0.304 e. The van der Waals surface area contributed by atoms with Crippen molar-refractivity contribution in [3.63, 3.8) is 0 Å². The Balaban J connectivity index is 1.37. The van der Waals surface area contributed by atoms with Gasteiger partial charge in [0.15, 0.2) is 0 Å². The zero-order valence-electron chi connectivity index (χ0n) is 17.2. The number of carbonyl (C=O) groups is 2. The van der Waals surface area contributed by atoms with E-state index in [-0.39, 0.29) is 24.3 Å². The van der Waals surface area contributed by atoms with Crippen molar-refractivity contribution in [3.05, 3.63) is 48.0 Å². The highest BCUT2D eigenvalue weighted by Gasteiger charge is 2.43. The minimum Gasteiger partial charge on any atom is -0.304 e. The monoisotopic (exact) mass is 420 g/mol. The number of aromatic nitrogens is 1. The highest BCUT2D eigenvalue weighted by Crippen LogP contribution is 2.33. The van der Waals surface area contributed by atoms with Crippen molar-refractivity contribution in [2.75, 3.05) is 38.1 Å². The molecule has 154 valence electrons. The van der Waals surface area contributed by atoms with E-state index in [0.29, 0.717) is 5.69 Å². The smallest absolute Gasteiger partial charge is 0.251 e. The molecular weight excluding hydrogens is 396 g/mol. The summed E-state index contributed by atoms with van der Waals surface area (Å²) in [6.45, 7) is 5.57. The van der Waals surface area contributed by atoms with Gasteiger partial charge in [0.2, 0.25) is 5.91 Å². The molecule has 1 unspecified atom stereocenters. The van der Waals surface area contributed by atoms with Crippen LogP contribution in [0.4, 0.5) is 5.69 Å². The first-order chi connectivity index (χ1) is 14.5. The molecule has 0 saturated carbocycles. The second-order valence-corrected chi connectivity index (χ2v) is 9.19. The third-order valence-corrected chi connectivity index (χ3v) is 7.09. The summed E-state index contributed by atoms with van der Waals surface area (Å²) in [5.41, 5.74) is 3.84. The van der Waals surface area contributed by atoms with Crippen LogP contribution in [0.15, 0.2) is 42.5 Å². The minimum absolute atomic E-state index is 0.104. The van der Waals surface area contributed by atoms with Crippen LogP contribution in [0.5, 0.6) is 0 Å². The number of thiazole rings is 1. The van der Waals surface area contributed by atoms with Gasteiger partial charge >= 0.3 is 0 Å². The van der Waals surface area contributed by atoms with Gasteiger partial charge in [-0.15, -0.1) is 11.3 Å². The van der Waals surface area contributed by atoms with Gasteiger partial charge in [-0.25, -0.2) is 9.88 Å². The molecule has 2 amide bonds.